The summed E-state index contributed by atoms with van der Waals surface area (Å²) < 4.78 is 8.03. The first-order valence-electron chi connectivity index (χ1n) is 10.7. The number of unbranched alkanes of at least 4 members (excludes halogenated alkanes) is 1. The average molecular weight is 464 g/mol. The molecule has 164 valence electrons. The van der Waals surface area contributed by atoms with E-state index >= 15 is 0 Å². The van der Waals surface area contributed by atoms with Crippen molar-refractivity contribution in [1.82, 2.24) is 14.7 Å². The average Bonchev–Trinajstić information content (AvgIpc) is 3.35. The maximum absolute atomic E-state index is 13.0. The van der Waals surface area contributed by atoms with Gasteiger partial charge in [-0.1, -0.05) is 55.5 Å². The first kappa shape index (κ1) is 22.3. The number of hydrogen-bond donors (Lipinski definition) is 0. The Hall–Kier alpha value is -2.90. The molecule has 3 aromatic rings. The molecule has 2 heterocycles. The summed E-state index contributed by atoms with van der Waals surface area (Å²) in [6.45, 7) is 5.35. The minimum atomic E-state index is -0.0291. The molecule has 1 aliphatic heterocycles. The molecule has 0 N–H and O–H groups in total. The monoisotopic (exact) mass is 463 g/mol. The zero-order chi connectivity index (χ0) is 22.5. The Balaban J connectivity index is 1.73. The van der Waals surface area contributed by atoms with E-state index in [1.807, 2.05) is 78.5 Å². The number of hydrogen-bond acceptors (Lipinski definition) is 5. The molecule has 4 rings (SSSR count). The van der Waals surface area contributed by atoms with Crippen LogP contribution in [0.1, 0.15) is 32.3 Å². The molecule has 1 amide bonds. The molecule has 1 aliphatic rings. The molecule has 0 saturated carbocycles. The number of carbonyl (C=O) groups is 1. The molecule has 0 aliphatic carbocycles. The van der Waals surface area contributed by atoms with E-state index in [1.165, 1.54) is 11.8 Å². The van der Waals surface area contributed by atoms with Crippen LogP contribution < -0.4 is 4.74 Å². The zero-order valence-electron chi connectivity index (χ0n) is 18.2. The van der Waals surface area contributed by atoms with E-state index in [1.54, 1.807) is 4.90 Å². The number of rotatable bonds is 8. The lowest BCUT2D eigenvalue weighted by atomic mass is 10.1. The van der Waals surface area contributed by atoms with Crippen LogP contribution >= 0.6 is 24.0 Å². The van der Waals surface area contributed by atoms with Gasteiger partial charge in [0, 0.05) is 23.9 Å². The molecule has 32 heavy (non-hydrogen) atoms. The fourth-order valence-electron chi connectivity index (χ4n) is 3.46. The molecule has 0 atom stereocenters. The van der Waals surface area contributed by atoms with Gasteiger partial charge in [0.05, 0.1) is 22.9 Å². The molecule has 0 radical (unpaired) electrons. The van der Waals surface area contributed by atoms with Crippen LogP contribution in [0.25, 0.3) is 23.0 Å². The number of carbonyl (C=O) groups excluding carboxylic acids is 1. The Morgan fingerprint density at radius 3 is 2.53 bits per heavy atom. The second-order valence-electron chi connectivity index (χ2n) is 7.36. The maximum Gasteiger partial charge on any atom is 0.266 e. The lowest BCUT2D eigenvalue weighted by molar-refractivity contribution is -0.122. The molecule has 0 unspecified atom stereocenters. The van der Waals surface area contributed by atoms with Crippen molar-refractivity contribution in [3.8, 4) is 22.7 Å². The minimum Gasteiger partial charge on any atom is -0.494 e. The Morgan fingerprint density at radius 2 is 1.84 bits per heavy atom. The van der Waals surface area contributed by atoms with Crippen LogP contribution in [0, 0.1) is 0 Å². The number of nitrogens with zero attached hydrogens (tertiary/aromatic N) is 3. The predicted octanol–water partition coefficient (Wildman–Crippen LogP) is 5.94. The van der Waals surface area contributed by atoms with Gasteiger partial charge in [-0.2, -0.15) is 5.10 Å². The third kappa shape index (κ3) is 4.79. The van der Waals surface area contributed by atoms with E-state index in [9.17, 15) is 4.79 Å². The summed E-state index contributed by atoms with van der Waals surface area (Å²) in [5.74, 6) is 0.788. The summed E-state index contributed by atoms with van der Waals surface area (Å²) in [6.07, 6.45) is 5.81. The molecule has 5 nitrogen and oxygen atoms in total. The van der Waals surface area contributed by atoms with Gasteiger partial charge in [0.25, 0.3) is 5.91 Å². The molecule has 0 bridgehead atoms. The summed E-state index contributed by atoms with van der Waals surface area (Å²) >= 11 is 6.82. The van der Waals surface area contributed by atoms with E-state index < -0.39 is 0 Å². The lowest BCUT2D eigenvalue weighted by Gasteiger charge is -2.12. The molecule has 1 fully saturated rings. The summed E-state index contributed by atoms with van der Waals surface area (Å²) in [5, 5.41) is 4.85. The fourth-order valence-corrected chi connectivity index (χ4v) is 4.76. The van der Waals surface area contributed by atoms with E-state index in [2.05, 4.69) is 6.92 Å². The minimum absolute atomic E-state index is 0.0291. The number of para-hydroxylation sites is 1. The number of benzene rings is 2. The summed E-state index contributed by atoms with van der Waals surface area (Å²) in [6, 6.07) is 17.8. The standard InChI is InChI=1S/C25H25N3O2S2/c1-3-5-15-27-24(29)22(32-25(27)31)16-19-17-28(20-9-7-6-8-10-20)26-23(19)18-11-13-21(14-12-18)30-4-2/h6-14,16-17H,3-5,15H2,1-2H3/b22-16+. The second kappa shape index (κ2) is 10.1. The first-order valence-corrected chi connectivity index (χ1v) is 12.0. The molecule has 7 heteroatoms. The van der Waals surface area contributed by atoms with E-state index in [4.69, 9.17) is 22.1 Å². The van der Waals surface area contributed by atoms with Crippen molar-refractivity contribution in [3.05, 3.63) is 71.3 Å². The van der Waals surface area contributed by atoms with Crippen molar-refractivity contribution in [2.24, 2.45) is 0 Å². The van der Waals surface area contributed by atoms with Gasteiger partial charge in [-0.05, 0) is 55.8 Å². The Kier molecular flexibility index (Phi) is 7.07. The van der Waals surface area contributed by atoms with Gasteiger partial charge in [-0.25, -0.2) is 4.68 Å². The molecule has 1 saturated heterocycles. The number of aromatic nitrogens is 2. The Bertz CT molecular complexity index is 1140. The summed E-state index contributed by atoms with van der Waals surface area (Å²) in [7, 11) is 0. The van der Waals surface area contributed by atoms with Gasteiger partial charge in [0.1, 0.15) is 10.1 Å². The van der Waals surface area contributed by atoms with Crippen LogP contribution in [0.2, 0.25) is 0 Å². The Labute approximate surface area is 198 Å². The number of amides is 1. The maximum atomic E-state index is 13.0. The smallest absolute Gasteiger partial charge is 0.266 e. The quantitative estimate of drug-likeness (QED) is 0.306. The third-order valence-corrected chi connectivity index (χ3v) is 6.48. The third-order valence-electron chi connectivity index (χ3n) is 5.10. The topological polar surface area (TPSA) is 47.4 Å². The van der Waals surface area contributed by atoms with Crippen molar-refractivity contribution in [1.29, 1.82) is 0 Å². The predicted molar refractivity (Wildman–Crippen MR) is 135 cm³/mol. The molecule has 0 spiro atoms. The van der Waals surface area contributed by atoms with Crippen molar-refractivity contribution in [2.45, 2.75) is 26.7 Å². The van der Waals surface area contributed by atoms with Crippen LogP contribution in [0.3, 0.4) is 0 Å². The van der Waals surface area contributed by atoms with Gasteiger partial charge in [0.15, 0.2) is 0 Å². The molecular weight excluding hydrogens is 438 g/mol. The van der Waals surface area contributed by atoms with Crippen LogP contribution in [0.4, 0.5) is 0 Å². The largest absolute Gasteiger partial charge is 0.494 e. The zero-order valence-corrected chi connectivity index (χ0v) is 19.8. The number of thiocarbonyl (C=S) groups is 1. The second-order valence-corrected chi connectivity index (χ2v) is 9.03. The lowest BCUT2D eigenvalue weighted by Crippen LogP contribution is -2.28. The highest BCUT2D eigenvalue weighted by molar-refractivity contribution is 8.26. The van der Waals surface area contributed by atoms with Crippen LogP contribution in [0.5, 0.6) is 5.75 Å². The van der Waals surface area contributed by atoms with Gasteiger partial charge < -0.3 is 4.74 Å². The highest BCUT2D eigenvalue weighted by atomic mass is 32.2. The normalized spacial score (nSPS) is 15.1. The van der Waals surface area contributed by atoms with Crippen molar-refractivity contribution >= 4 is 40.3 Å². The molecule has 1 aromatic heterocycles. The van der Waals surface area contributed by atoms with Gasteiger partial charge in [-0.15, -0.1) is 0 Å². The fraction of sp³-hybridized carbons (Fsp3) is 0.240. The van der Waals surface area contributed by atoms with E-state index in [0.717, 1.165) is 41.1 Å². The van der Waals surface area contributed by atoms with Crippen molar-refractivity contribution in [3.63, 3.8) is 0 Å². The van der Waals surface area contributed by atoms with E-state index in [0.29, 0.717) is 22.4 Å². The summed E-state index contributed by atoms with van der Waals surface area (Å²) in [4.78, 5) is 15.3. The van der Waals surface area contributed by atoms with Crippen LogP contribution in [0.15, 0.2) is 65.7 Å². The Morgan fingerprint density at radius 1 is 1.09 bits per heavy atom. The van der Waals surface area contributed by atoms with Crippen molar-refractivity contribution in [2.75, 3.05) is 13.2 Å². The molecule has 2 aromatic carbocycles. The number of thioether (sulfide) groups is 1. The van der Waals surface area contributed by atoms with Gasteiger partial charge in [0.2, 0.25) is 0 Å². The van der Waals surface area contributed by atoms with Gasteiger partial charge >= 0.3 is 0 Å². The molecular formula is C25H25N3O2S2. The first-order chi connectivity index (χ1) is 15.6. The van der Waals surface area contributed by atoms with Gasteiger partial charge in [-0.3, -0.25) is 9.69 Å². The number of ether oxygens (including phenoxy) is 1. The van der Waals surface area contributed by atoms with Crippen molar-refractivity contribution < 1.29 is 9.53 Å². The highest BCUT2D eigenvalue weighted by Crippen LogP contribution is 2.35. The van der Waals surface area contributed by atoms with E-state index in [-0.39, 0.29) is 5.91 Å². The SMILES string of the molecule is CCCCN1C(=O)/C(=C\c2cn(-c3ccccc3)nc2-c2ccc(OCC)cc2)SC1=S. The summed E-state index contributed by atoms with van der Waals surface area (Å²) in [5.41, 5.74) is 3.58. The highest BCUT2D eigenvalue weighted by Gasteiger charge is 2.31. The van der Waals surface area contributed by atoms with Crippen LogP contribution in [-0.2, 0) is 4.79 Å². The van der Waals surface area contributed by atoms with Crippen LogP contribution in [-0.4, -0.2) is 38.1 Å².